The molecule has 1 saturated heterocycles. The second-order valence-corrected chi connectivity index (χ2v) is 10.4. The van der Waals surface area contributed by atoms with Crippen molar-refractivity contribution in [1.82, 2.24) is 30.8 Å². The van der Waals surface area contributed by atoms with Gasteiger partial charge in [-0.15, -0.1) is 10.2 Å². The van der Waals surface area contributed by atoms with Gasteiger partial charge in [0.2, 0.25) is 11.7 Å². The zero-order valence-electron chi connectivity index (χ0n) is 22.6. The largest absolute Gasteiger partial charge is 0.466 e. The SMILES string of the molecule is CCOC(=O)C1=C(C(OC)c2nnn(CCN=C3NC(=O)CS3)n2)NC(C)=C(C(=O)OC)C1c1cccc(Cl)c1Cl. The molecule has 2 atom stereocenters. The van der Waals surface area contributed by atoms with Gasteiger partial charge >= 0.3 is 11.9 Å². The molecule has 0 spiro atoms. The van der Waals surface area contributed by atoms with Crippen LogP contribution in [0.5, 0.6) is 0 Å². The van der Waals surface area contributed by atoms with Gasteiger partial charge in [0.15, 0.2) is 11.3 Å². The van der Waals surface area contributed by atoms with Crippen LogP contribution in [0.15, 0.2) is 45.7 Å². The lowest BCUT2D eigenvalue weighted by Gasteiger charge is -2.33. The average molecular weight is 625 g/mol. The highest BCUT2D eigenvalue weighted by Gasteiger charge is 2.43. The number of nitrogens with zero attached hydrogens (tertiary/aromatic N) is 5. The number of ether oxygens (including phenoxy) is 3. The minimum Gasteiger partial charge on any atom is -0.466 e. The monoisotopic (exact) mass is 623 g/mol. The Bertz CT molecular complexity index is 1460. The molecule has 2 aromatic rings. The van der Waals surface area contributed by atoms with E-state index in [4.69, 9.17) is 37.4 Å². The third-order valence-corrected chi connectivity index (χ3v) is 7.87. The van der Waals surface area contributed by atoms with Crippen molar-refractivity contribution >= 4 is 58.0 Å². The summed E-state index contributed by atoms with van der Waals surface area (Å²) in [5, 5.41) is 19.4. The molecule has 4 rings (SSSR count). The van der Waals surface area contributed by atoms with Crippen LogP contribution in [-0.2, 0) is 35.1 Å². The van der Waals surface area contributed by atoms with Crippen LogP contribution in [-0.4, -0.2) is 76.3 Å². The first kappa shape index (κ1) is 30.5. The maximum Gasteiger partial charge on any atom is 0.336 e. The highest BCUT2D eigenvalue weighted by molar-refractivity contribution is 8.15. The van der Waals surface area contributed by atoms with Crippen LogP contribution >= 0.6 is 35.0 Å². The number of carbonyl (C=O) groups is 3. The zero-order chi connectivity index (χ0) is 29.7. The molecular formula is C25H27Cl2N7O6S. The lowest BCUT2D eigenvalue weighted by atomic mass is 9.79. The van der Waals surface area contributed by atoms with Gasteiger partial charge in [-0.3, -0.25) is 9.79 Å². The van der Waals surface area contributed by atoms with Crippen LogP contribution in [0.25, 0.3) is 0 Å². The molecular weight excluding hydrogens is 597 g/mol. The predicted molar refractivity (Wildman–Crippen MR) is 151 cm³/mol. The number of esters is 2. The highest BCUT2D eigenvalue weighted by atomic mass is 35.5. The summed E-state index contributed by atoms with van der Waals surface area (Å²) in [4.78, 5) is 43.6. The quantitative estimate of drug-likeness (QED) is 0.374. The smallest absolute Gasteiger partial charge is 0.336 e. The molecule has 0 saturated carbocycles. The van der Waals surface area contributed by atoms with E-state index in [9.17, 15) is 14.4 Å². The third-order valence-electron chi connectivity index (χ3n) is 6.13. The number of methoxy groups -OCH3 is 2. The number of rotatable bonds is 10. The Labute approximate surface area is 249 Å². The van der Waals surface area contributed by atoms with Crippen molar-refractivity contribution in [2.75, 3.05) is 33.1 Å². The molecule has 2 N–H and O–H groups in total. The molecule has 41 heavy (non-hydrogen) atoms. The number of nitrogens with one attached hydrogen (secondary N) is 2. The number of halogens is 2. The summed E-state index contributed by atoms with van der Waals surface area (Å²) >= 11 is 14.3. The second-order valence-electron chi connectivity index (χ2n) is 8.66. The molecule has 0 radical (unpaired) electrons. The summed E-state index contributed by atoms with van der Waals surface area (Å²) in [5.74, 6) is -2.04. The molecule has 218 valence electrons. The Morgan fingerprint density at radius 2 is 2.00 bits per heavy atom. The number of hydrogen-bond donors (Lipinski definition) is 2. The molecule has 2 unspecified atom stereocenters. The molecule has 13 nitrogen and oxygen atoms in total. The van der Waals surface area contributed by atoms with Gasteiger partial charge in [0.25, 0.3) is 0 Å². The van der Waals surface area contributed by atoms with Crippen LogP contribution in [0.2, 0.25) is 10.0 Å². The van der Waals surface area contributed by atoms with Crippen molar-refractivity contribution in [1.29, 1.82) is 0 Å². The Morgan fingerprint density at radius 3 is 2.66 bits per heavy atom. The number of hydrogen-bond acceptors (Lipinski definition) is 12. The van der Waals surface area contributed by atoms with E-state index in [1.54, 1.807) is 32.0 Å². The van der Waals surface area contributed by atoms with E-state index < -0.39 is 24.0 Å². The van der Waals surface area contributed by atoms with Gasteiger partial charge in [-0.2, -0.15) is 4.80 Å². The number of dihydropyridines is 1. The second kappa shape index (κ2) is 13.5. The van der Waals surface area contributed by atoms with Crippen molar-refractivity contribution in [2.24, 2.45) is 4.99 Å². The Kier molecular flexibility index (Phi) is 10.0. The predicted octanol–water partition coefficient (Wildman–Crippen LogP) is 2.54. The van der Waals surface area contributed by atoms with E-state index in [2.05, 4.69) is 31.0 Å². The summed E-state index contributed by atoms with van der Waals surface area (Å²) in [6.07, 6.45) is -1.02. The van der Waals surface area contributed by atoms with E-state index in [0.29, 0.717) is 28.7 Å². The number of carbonyl (C=O) groups excluding carboxylic acids is 3. The number of allylic oxidation sites excluding steroid dienone is 1. The summed E-state index contributed by atoms with van der Waals surface area (Å²) in [6.45, 7) is 3.96. The minimum atomic E-state index is -1.02. The van der Waals surface area contributed by atoms with E-state index in [0.717, 1.165) is 0 Å². The molecule has 1 fully saturated rings. The first-order chi connectivity index (χ1) is 19.7. The minimum absolute atomic E-state index is 0.0469. The fraction of sp³-hybridized carbons (Fsp3) is 0.400. The standard InChI is InChI=1S/C25H27Cl2N7O6S/c1-5-40-24(37)18-17(13-7-6-8-14(26)19(13)27)16(23(36)39-4)12(2)29-20(18)21(38-3)22-31-33-34(32-22)10-9-28-25-30-15(35)11-41-25/h6-8,17,21,29H,5,9-11H2,1-4H3,(H,28,30,35). The number of tetrazole rings is 1. The molecule has 1 aromatic heterocycles. The fourth-order valence-corrected chi connectivity index (χ4v) is 5.52. The number of amides is 1. The number of benzene rings is 1. The van der Waals surface area contributed by atoms with Gasteiger partial charge in [0.1, 0.15) is 0 Å². The third kappa shape index (κ3) is 6.56. The van der Waals surface area contributed by atoms with Crippen LogP contribution in [0.1, 0.15) is 37.3 Å². The Morgan fingerprint density at radius 1 is 1.22 bits per heavy atom. The van der Waals surface area contributed by atoms with Gasteiger partial charge < -0.3 is 24.8 Å². The Hall–Kier alpha value is -3.46. The van der Waals surface area contributed by atoms with Gasteiger partial charge in [-0.1, -0.05) is 47.1 Å². The van der Waals surface area contributed by atoms with Crippen molar-refractivity contribution in [3.63, 3.8) is 0 Å². The van der Waals surface area contributed by atoms with Crippen LogP contribution in [0.3, 0.4) is 0 Å². The summed E-state index contributed by atoms with van der Waals surface area (Å²) in [6, 6.07) is 4.93. The van der Waals surface area contributed by atoms with Gasteiger partial charge in [0.05, 0.1) is 65.4 Å². The van der Waals surface area contributed by atoms with Crippen molar-refractivity contribution < 1.29 is 28.6 Å². The lowest BCUT2D eigenvalue weighted by Crippen LogP contribution is -2.36. The van der Waals surface area contributed by atoms with E-state index >= 15 is 0 Å². The topological polar surface area (TPSA) is 159 Å². The average Bonchev–Trinajstić information content (AvgIpc) is 3.59. The fourth-order valence-electron chi connectivity index (χ4n) is 4.39. The molecule has 0 aliphatic carbocycles. The zero-order valence-corrected chi connectivity index (χ0v) is 24.9. The number of amidine groups is 1. The number of aliphatic imine (C=N–C) groups is 1. The first-order valence-corrected chi connectivity index (χ1v) is 14.1. The van der Waals surface area contributed by atoms with E-state index in [1.807, 2.05) is 0 Å². The van der Waals surface area contributed by atoms with E-state index in [1.165, 1.54) is 30.8 Å². The number of thioether (sulfide) groups is 1. The van der Waals surface area contributed by atoms with Crippen molar-refractivity contribution in [2.45, 2.75) is 32.4 Å². The molecule has 1 aromatic carbocycles. The molecule has 16 heteroatoms. The van der Waals surface area contributed by atoms with Crippen LogP contribution < -0.4 is 10.6 Å². The molecule has 0 bridgehead atoms. The summed E-state index contributed by atoms with van der Waals surface area (Å²) < 4.78 is 16.3. The number of aromatic nitrogens is 4. The van der Waals surface area contributed by atoms with Crippen molar-refractivity contribution in [3.8, 4) is 0 Å². The van der Waals surface area contributed by atoms with Crippen molar-refractivity contribution in [3.05, 3.63) is 62.2 Å². The molecule has 2 aliphatic heterocycles. The molecule has 2 aliphatic rings. The molecule has 1 amide bonds. The summed E-state index contributed by atoms with van der Waals surface area (Å²) in [7, 11) is 2.66. The highest BCUT2D eigenvalue weighted by Crippen LogP contribution is 2.45. The molecule has 3 heterocycles. The first-order valence-electron chi connectivity index (χ1n) is 12.4. The lowest BCUT2D eigenvalue weighted by molar-refractivity contribution is -0.139. The summed E-state index contributed by atoms with van der Waals surface area (Å²) in [5.41, 5.74) is 1.21. The van der Waals surface area contributed by atoms with Gasteiger partial charge in [-0.25, -0.2) is 9.59 Å². The van der Waals surface area contributed by atoms with Crippen LogP contribution in [0, 0.1) is 0 Å². The van der Waals surface area contributed by atoms with Gasteiger partial charge in [-0.05, 0) is 30.7 Å². The normalized spacial score (nSPS) is 18.8. The Balaban J connectivity index is 1.78. The maximum atomic E-state index is 13.6. The maximum absolute atomic E-state index is 13.6. The van der Waals surface area contributed by atoms with Gasteiger partial charge in [0, 0.05) is 12.8 Å². The van der Waals surface area contributed by atoms with E-state index in [-0.39, 0.29) is 51.8 Å². The van der Waals surface area contributed by atoms with Crippen LogP contribution in [0.4, 0.5) is 0 Å².